The number of hydrogen-bond acceptors (Lipinski definition) is 4. The van der Waals surface area contributed by atoms with Crippen molar-refractivity contribution in [3.05, 3.63) is 72.0 Å². The van der Waals surface area contributed by atoms with Crippen molar-refractivity contribution < 1.29 is 0 Å². The van der Waals surface area contributed by atoms with E-state index in [0.717, 1.165) is 43.8 Å². The van der Waals surface area contributed by atoms with E-state index in [1.165, 1.54) is 0 Å². The molecule has 0 saturated heterocycles. The van der Waals surface area contributed by atoms with E-state index in [2.05, 4.69) is 16.0 Å². The highest BCUT2D eigenvalue weighted by molar-refractivity contribution is 6.31. The zero-order valence-electron chi connectivity index (χ0n) is 13.6. The standard InChI is InChI=1S/C21H13ClN4/c22-13-5-1-4-12(10-13)16-11-17-14(6-2-8-24-17)20-18(16)19-15(21(23)26-20)7-3-9-25-19/h1-11H,(H2,23,26). The normalized spacial score (nSPS) is 11.4. The topological polar surface area (TPSA) is 64.7 Å². The van der Waals surface area contributed by atoms with Gasteiger partial charge in [0, 0.05) is 33.6 Å². The minimum absolute atomic E-state index is 0.467. The zero-order valence-corrected chi connectivity index (χ0v) is 14.4. The van der Waals surface area contributed by atoms with Gasteiger partial charge in [0.15, 0.2) is 0 Å². The second-order valence-electron chi connectivity index (χ2n) is 6.12. The maximum atomic E-state index is 6.24. The van der Waals surface area contributed by atoms with Crippen LogP contribution >= 0.6 is 11.6 Å². The molecule has 0 aliphatic carbocycles. The summed E-state index contributed by atoms with van der Waals surface area (Å²) in [5.41, 5.74) is 10.7. The number of nitrogens with zero attached hydrogens (tertiary/aromatic N) is 3. The predicted molar refractivity (Wildman–Crippen MR) is 107 cm³/mol. The molecule has 0 spiro atoms. The quantitative estimate of drug-likeness (QED) is 0.417. The average molecular weight is 357 g/mol. The second-order valence-corrected chi connectivity index (χ2v) is 6.56. The molecular formula is C21H13ClN4. The monoisotopic (exact) mass is 356 g/mol. The molecule has 0 bridgehead atoms. The second kappa shape index (κ2) is 5.64. The van der Waals surface area contributed by atoms with E-state index < -0.39 is 0 Å². The molecule has 0 fully saturated rings. The lowest BCUT2D eigenvalue weighted by Crippen LogP contribution is -1.97. The van der Waals surface area contributed by atoms with Gasteiger partial charge >= 0.3 is 0 Å². The third kappa shape index (κ3) is 2.20. The smallest absolute Gasteiger partial charge is 0.133 e. The first-order valence-electron chi connectivity index (χ1n) is 8.20. The molecule has 5 rings (SSSR count). The molecule has 0 unspecified atom stereocenters. The van der Waals surface area contributed by atoms with Crippen LogP contribution in [0.5, 0.6) is 0 Å². The SMILES string of the molecule is Nc1nc2c3cccnc3cc(-c3cccc(Cl)c3)c2c2ncccc12. The van der Waals surface area contributed by atoms with Gasteiger partial charge in [-0.1, -0.05) is 23.7 Å². The number of aromatic nitrogens is 3. The fourth-order valence-electron chi connectivity index (χ4n) is 3.44. The van der Waals surface area contributed by atoms with E-state index in [0.29, 0.717) is 10.8 Å². The van der Waals surface area contributed by atoms with Crippen molar-refractivity contribution in [3.8, 4) is 11.1 Å². The summed E-state index contributed by atoms with van der Waals surface area (Å²) in [4.78, 5) is 13.8. The molecule has 2 aromatic carbocycles. The summed E-state index contributed by atoms with van der Waals surface area (Å²) in [7, 11) is 0. The van der Waals surface area contributed by atoms with Crippen LogP contribution in [0.4, 0.5) is 5.82 Å². The largest absolute Gasteiger partial charge is 0.383 e. The number of halogens is 1. The van der Waals surface area contributed by atoms with Gasteiger partial charge in [-0.05, 0) is 53.6 Å². The molecule has 124 valence electrons. The Morgan fingerprint density at radius 2 is 1.62 bits per heavy atom. The molecule has 26 heavy (non-hydrogen) atoms. The molecule has 3 aromatic heterocycles. The fraction of sp³-hybridized carbons (Fsp3) is 0. The van der Waals surface area contributed by atoms with Crippen LogP contribution in [0.1, 0.15) is 0 Å². The molecule has 0 amide bonds. The van der Waals surface area contributed by atoms with Crippen LogP contribution in [-0.4, -0.2) is 15.0 Å². The van der Waals surface area contributed by atoms with Gasteiger partial charge < -0.3 is 5.73 Å². The molecule has 5 aromatic rings. The molecule has 4 nitrogen and oxygen atoms in total. The number of nitrogens with two attached hydrogens (primary N) is 1. The molecule has 0 radical (unpaired) electrons. The van der Waals surface area contributed by atoms with Crippen LogP contribution in [0.15, 0.2) is 67.0 Å². The van der Waals surface area contributed by atoms with E-state index in [-0.39, 0.29) is 0 Å². The van der Waals surface area contributed by atoms with Crippen molar-refractivity contribution >= 4 is 50.1 Å². The lowest BCUT2D eigenvalue weighted by atomic mass is 9.96. The van der Waals surface area contributed by atoms with Gasteiger partial charge in [-0.15, -0.1) is 0 Å². The molecule has 0 aliphatic heterocycles. The van der Waals surface area contributed by atoms with Gasteiger partial charge in [0.2, 0.25) is 0 Å². The number of benzene rings is 2. The van der Waals surface area contributed by atoms with Crippen molar-refractivity contribution in [1.29, 1.82) is 0 Å². The minimum Gasteiger partial charge on any atom is -0.383 e. The Morgan fingerprint density at radius 1 is 0.808 bits per heavy atom. The van der Waals surface area contributed by atoms with Gasteiger partial charge in [-0.2, -0.15) is 0 Å². The molecule has 0 atom stereocenters. The Balaban J connectivity index is 2.07. The van der Waals surface area contributed by atoms with Gasteiger partial charge in [0.25, 0.3) is 0 Å². The van der Waals surface area contributed by atoms with Crippen LogP contribution in [0.25, 0.3) is 43.8 Å². The highest BCUT2D eigenvalue weighted by Gasteiger charge is 2.16. The van der Waals surface area contributed by atoms with E-state index in [4.69, 9.17) is 22.3 Å². The van der Waals surface area contributed by atoms with Crippen LogP contribution < -0.4 is 5.73 Å². The van der Waals surface area contributed by atoms with Crippen molar-refractivity contribution in [1.82, 2.24) is 15.0 Å². The van der Waals surface area contributed by atoms with Gasteiger partial charge in [0.1, 0.15) is 5.82 Å². The van der Waals surface area contributed by atoms with Crippen LogP contribution in [0.3, 0.4) is 0 Å². The summed E-state index contributed by atoms with van der Waals surface area (Å²) in [6.45, 7) is 0. The van der Waals surface area contributed by atoms with Crippen molar-refractivity contribution in [2.24, 2.45) is 0 Å². The number of rotatable bonds is 1. The Hall–Kier alpha value is -3.24. The summed E-state index contributed by atoms with van der Waals surface area (Å²) >= 11 is 6.24. The zero-order chi connectivity index (χ0) is 17.7. The summed E-state index contributed by atoms with van der Waals surface area (Å²) in [5.74, 6) is 0.467. The Labute approximate surface area is 154 Å². The number of anilines is 1. The van der Waals surface area contributed by atoms with E-state index in [9.17, 15) is 0 Å². The molecule has 5 heteroatoms. The first-order valence-corrected chi connectivity index (χ1v) is 8.58. The third-order valence-electron chi connectivity index (χ3n) is 4.57. The third-order valence-corrected chi connectivity index (χ3v) is 4.80. The molecular weight excluding hydrogens is 344 g/mol. The fourth-order valence-corrected chi connectivity index (χ4v) is 3.63. The van der Waals surface area contributed by atoms with E-state index in [1.54, 1.807) is 12.4 Å². The predicted octanol–water partition coefficient (Wildman–Crippen LogP) is 5.23. The minimum atomic E-state index is 0.467. The summed E-state index contributed by atoms with van der Waals surface area (Å²) < 4.78 is 0. The summed E-state index contributed by atoms with van der Waals surface area (Å²) in [6, 6.07) is 17.6. The van der Waals surface area contributed by atoms with Crippen LogP contribution in [0, 0.1) is 0 Å². The van der Waals surface area contributed by atoms with Crippen LogP contribution in [-0.2, 0) is 0 Å². The lowest BCUT2D eigenvalue weighted by molar-refractivity contribution is 1.38. The highest BCUT2D eigenvalue weighted by Crippen LogP contribution is 2.38. The van der Waals surface area contributed by atoms with Gasteiger partial charge in [-0.3, -0.25) is 9.97 Å². The first kappa shape index (κ1) is 15.0. The van der Waals surface area contributed by atoms with Gasteiger partial charge in [-0.25, -0.2) is 4.98 Å². The Morgan fingerprint density at radius 3 is 2.46 bits per heavy atom. The Bertz CT molecular complexity index is 1310. The number of pyridine rings is 3. The van der Waals surface area contributed by atoms with Crippen molar-refractivity contribution in [2.45, 2.75) is 0 Å². The van der Waals surface area contributed by atoms with E-state index in [1.807, 2.05) is 48.5 Å². The number of nitrogen functional groups attached to an aromatic ring is 1. The van der Waals surface area contributed by atoms with E-state index >= 15 is 0 Å². The lowest BCUT2D eigenvalue weighted by Gasteiger charge is -2.13. The number of fused-ring (bicyclic) bond motifs is 5. The van der Waals surface area contributed by atoms with Crippen molar-refractivity contribution in [3.63, 3.8) is 0 Å². The van der Waals surface area contributed by atoms with Gasteiger partial charge in [0.05, 0.1) is 16.6 Å². The molecule has 2 N–H and O–H groups in total. The average Bonchev–Trinajstić information content (AvgIpc) is 2.67. The first-order chi connectivity index (χ1) is 12.7. The molecule has 0 aliphatic rings. The highest BCUT2D eigenvalue weighted by atomic mass is 35.5. The Kier molecular flexibility index (Phi) is 3.27. The number of hydrogen-bond donors (Lipinski definition) is 1. The maximum Gasteiger partial charge on any atom is 0.133 e. The summed E-state index contributed by atoms with van der Waals surface area (Å²) in [6.07, 6.45) is 3.55. The molecule has 0 saturated carbocycles. The molecule has 3 heterocycles. The van der Waals surface area contributed by atoms with Crippen molar-refractivity contribution in [2.75, 3.05) is 5.73 Å². The maximum absolute atomic E-state index is 6.24. The van der Waals surface area contributed by atoms with Crippen LogP contribution in [0.2, 0.25) is 5.02 Å². The summed E-state index contributed by atoms with van der Waals surface area (Å²) in [5, 5.41) is 3.43.